The van der Waals surface area contributed by atoms with E-state index in [-0.39, 0.29) is 118 Å². The maximum absolute atomic E-state index is 14.6. The molecule has 6 amide bonds. The van der Waals surface area contributed by atoms with Gasteiger partial charge in [0.1, 0.15) is 18.1 Å². The molecule has 0 saturated carbocycles. The number of amides is 6. The summed E-state index contributed by atoms with van der Waals surface area (Å²) in [7, 11) is 7.73. The van der Waals surface area contributed by atoms with E-state index in [1.165, 1.54) is 31.3 Å². The highest BCUT2D eigenvalue weighted by Gasteiger charge is 2.43. The number of carbonyl (C=O) groups is 7. The summed E-state index contributed by atoms with van der Waals surface area (Å²) in [6.45, 7) is 15.3. The number of nitrogens with one attached hydrogen (secondary N) is 2. The van der Waals surface area contributed by atoms with E-state index in [1.807, 2.05) is 83.7 Å². The fourth-order valence-electron chi connectivity index (χ4n) is 9.53. The molecule has 1 saturated heterocycles. The van der Waals surface area contributed by atoms with Gasteiger partial charge in [0.2, 0.25) is 23.6 Å². The molecule has 2 aliphatic rings. The maximum atomic E-state index is 14.6. The molecule has 2 N–H and O–H groups in total. The van der Waals surface area contributed by atoms with Crippen LogP contribution < -0.4 is 10.6 Å². The van der Waals surface area contributed by atoms with Gasteiger partial charge in [-0.15, -0.1) is 0 Å². The van der Waals surface area contributed by atoms with Gasteiger partial charge in [-0.1, -0.05) is 97.4 Å². The Kier molecular flexibility index (Phi) is 27.2. The van der Waals surface area contributed by atoms with Gasteiger partial charge in [0.15, 0.2) is 0 Å². The number of nitrogens with zero attached hydrogens (tertiary/aromatic N) is 4. The van der Waals surface area contributed by atoms with Crippen molar-refractivity contribution in [3.05, 3.63) is 48.0 Å². The van der Waals surface area contributed by atoms with Crippen LogP contribution in [0.2, 0.25) is 0 Å². The smallest absolute Gasteiger partial charge is 0.328 e. The number of ether oxygens (including phenoxy) is 6. The second-order valence-electron chi connectivity index (χ2n) is 19.5. The van der Waals surface area contributed by atoms with Crippen molar-refractivity contribution >= 4 is 58.6 Å². The minimum atomic E-state index is -0.956. The highest BCUT2D eigenvalue weighted by atomic mass is 32.1. The van der Waals surface area contributed by atoms with E-state index >= 15 is 0 Å². The molecular weight excluding hydrogens is 961 g/mol. The summed E-state index contributed by atoms with van der Waals surface area (Å²) in [5.74, 6) is -3.55. The largest absolute Gasteiger partial charge is 0.467 e. The van der Waals surface area contributed by atoms with E-state index < -0.39 is 48.3 Å². The van der Waals surface area contributed by atoms with Crippen molar-refractivity contribution in [1.29, 1.82) is 0 Å². The minimum Gasteiger partial charge on any atom is -0.467 e. The zero-order valence-corrected chi connectivity index (χ0v) is 46.1. The zero-order valence-electron chi connectivity index (χ0n) is 45.3. The second-order valence-corrected chi connectivity index (χ2v) is 20.0. The lowest BCUT2D eigenvalue weighted by molar-refractivity contribution is -0.148. The lowest BCUT2D eigenvalue weighted by atomic mass is 9.89. The van der Waals surface area contributed by atoms with Crippen LogP contribution in [-0.2, 0) is 68.4 Å². The van der Waals surface area contributed by atoms with E-state index in [4.69, 9.17) is 40.6 Å². The molecule has 1 aromatic carbocycles. The van der Waals surface area contributed by atoms with Crippen molar-refractivity contribution in [2.75, 3.05) is 88.2 Å². The monoisotopic (exact) mass is 1040 g/mol. The molecule has 9 atom stereocenters. The normalized spacial score (nSPS) is 18.0. The van der Waals surface area contributed by atoms with Crippen LogP contribution in [0.25, 0.3) is 0 Å². The molecule has 2 heterocycles. The highest BCUT2D eigenvalue weighted by Crippen LogP contribution is 2.30. The van der Waals surface area contributed by atoms with E-state index in [0.717, 1.165) is 16.9 Å². The third-order valence-corrected chi connectivity index (χ3v) is 14.3. The summed E-state index contributed by atoms with van der Waals surface area (Å²) in [6, 6.07) is 6.15. The molecular formula is C53H84N6O13S. The number of hydrogen-bond acceptors (Lipinski definition) is 14. The number of hydrogen-bond donors (Lipinski definition) is 2. The number of carbonyl (C=O) groups excluding carboxylic acids is 7. The predicted octanol–water partition coefficient (Wildman–Crippen LogP) is 3.60. The molecule has 1 fully saturated rings. The van der Waals surface area contributed by atoms with Crippen LogP contribution in [0.15, 0.2) is 42.5 Å². The number of likely N-dealkylation sites (tertiary alicyclic amines) is 1. The number of imide groups is 1. The summed E-state index contributed by atoms with van der Waals surface area (Å²) >= 11 is 5.88. The lowest BCUT2D eigenvalue weighted by Crippen LogP contribution is -2.60. The number of likely N-dealkylation sites (N-methyl/N-ethyl adjacent to an activating group) is 2. The van der Waals surface area contributed by atoms with Crippen LogP contribution in [0.5, 0.6) is 0 Å². The number of methoxy groups -OCH3 is 3. The molecule has 0 aromatic heterocycles. The van der Waals surface area contributed by atoms with Crippen molar-refractivity contribution in [1.82, 2.24) is 30.2 Å². The Balaban J connectivity index is 1.61. The molecule has 0 bridgehead atoms. The lowest BCUT2D eigenvalue weighted by Gasteiger charge is -2.41. The average Bonchev–Trinajstić information content (AvgIpc) is 3.98. The summed E-state index contributed by atoms with van der Waals surface area (Å²) < 4.78 is 33.9. The van der Waals surface area contributed by atoms with Crippen molar-refractivity contribution in [2.24, 2.45) is 23.7 Å². The van der Waals surface area contributed by atoms with Gasteiger partial charge in [0.25, 0.3) is 11.8 Å². The fourth-order valence-corrected chi connectivity index (χ4v) is 9.81. The topological polar surface area (TPSA) is 212 Å². The molecule has 20 heteroatoms. The summed E-state index contributed by atoms with van der Waals surface area (Å²) in [6.07, 6.45) is 3.72. The molecule has 3 rings (SSSR count). The molecule has 0 spiro atoms. The third kappa shape index (κ3) is 18.5. The molecule has 0 aliphatic carbocycles. The molecule has 73 heavy (non-hydrogen) atoms. The van der Waals surface area contributed by atoms with Gasteiger partial charge >= 0.3 is 5.97 Å². The van der Waals surface area contributed by atoms with E-state index in [9.17, 15) is 33.6 Å². The Bertz CT molecular complexity index is 1970. The first-order valence-electron chi connectivity index (χ1n) is 25.6. The van der Waals surface area contributed by atoms with Gasteiger partial charge < -0.3 is 53.8 Å². The van der Waals surface area contributed by atoms with Crippen molar-refractivity contribution in [2.45, 2.75) is 129 Å². The molecule has 0 radical (unpaired) electrons. The quantitative estimate of drug-likeness (QED) is 0.0446. The standard InChI is InChI=1S/C53H84N6O13S/c1-13-36(6)48(41(67-10)33-45(63)58-24-17-20-40(58)49(68-11)37(7)51(73)54-39(53(66)69-12)32-38-18-15-14-16-19-38)57(9)52(65)46(34(2)3)55-50(64)47(35(4)5)56(8)42(60)23-26-70-28-30-72-31-29-71-27-25-59-43(61)21-22-44(59)62/h14-16,18-19,21-22,34-37,39-41,46-49H,13,17,20,23-33H2,1-12H3,(H,54,73)(H,55,64)/t36?,37?,39?,40-,41?,46?,47?,48?,49?/m0/s1. The molecule has 2 aliphatic heterocycles. The number of benzene rings is 1. The average molecular weight is 1050 g/mol. The fraction of sp³-hybridized carbons (Fsp3) is 0.698. The van der Waals surface area contributed by atoms with E-state index in [2.05, 4.69) is 10.6 Å². The van der Waals surface area contributed by atoms with Crippen LogP contribution in [0, 0.1) is 23.7 Å². The van der Waals surface area contributed by atoms with Crippen LogP contribution in [0.4, 0.5) is 0 Å². The molecule has 8 unspecified atom stereocenters. The van der Waals surface area contributed by atoms with Gasteiger partial charge in [-0.05, 0) is 36.2 Å². The SMILES string of the molecule is CCC(C)C(C(CC(=O)N1CCC[C@H]1C(OC)C(C)C(=S)NC(Cc1ccccc1)C(=O)OC)OC)N(C)C(=O)C(NC(=O)C(C(C)C)N(C)C(=O)CCOCCOCCOCCN1C(=O)C=CC1=O)C(C)C. The Morgan fingerprint density at radius 3 is 1.95 bits per heavy atom. The van der Waals surface area contributed by atoms with Crippen molar-refractivity contribution in [3.8, 4) is 0 Å². The van der Waals surface area contributed by atoms with Gasteiger partial charge in [-0.25, -0.2) is 4.79 Å². The third-order valence-electron chi connectivity index (χ3n) is 13.8. The first-order valence-corrected chi connectivity index (χ1v) is 26.0. The van der Waals surface area contributed by atoms with Gasteiger partial charge in [0, 0.05) is 59.4 Å². The Morgan fingerprint density at radius 1 is 0.795 bits per heavy atom. The predicted molar refractivity (Wildman–Crippen MR) is 279 cm³/mol. The van der Waals surface area contributed by atoms with Crippen molar-refractivity contribution in [3.63, 3.8) is 0 Å². The van der Waals surface area contributed by atoms with Gasteiger partial charge in [-0.3, -0.25) is 33.7 Å². The maximum Gasteiger partial charge on any atom is 0.328 e. The summed E-state index contributed by atoms with van der Waals surface area (Å²) in [5, 5.41) is 6.21. The Morgan fingerprint density at radius 2 is 1.40 bits per heavy atom. The van der Waals surface area contributed by atoms with Crippen LogP contribution in [0.1, 0.15) is 86.1 Å². The zero-order chi connectivity index (χ0) is 54.4. The number of esters is 1. The summed E-state index contributed by atoms with van der Waals surface area (Å²) in [5.41, 5.74) is 0.943. The Hall–Kier alpha value is -4.86. The number of thiocarbonyl (C=S) groups is 1. The molecule has 19 nitrogen and oxygen atoms in total. The van der Waals surface area contributed by atoms with Crippen LogP contribution in [0.3, 0.4) is 0 Å². The minimum absolute atomic E-state index is 0.0164. The molecule has 1 aromatic rings. The first-order chi connectivity index (χ1) is 34.7. The number of rotatable bonds is 33. The van der Waals surface area contributed by atoms with Gasteiger partial charge in [-0.2, -0.15) is 0 Å². The van der Waals surface area contributed by atoms with Crippen molar-refractivity contribution < 1.29 is 62.0 Å². The van der Waals surface area contributed by atoms with Crippen LogP contribution in [-0.4, -0.2) is 197 Å². The Labute approximate surface area is 438 Å². The van der Waals surface area contributed by atoms with E-state index in [0.29, 0.717) is 30.8 Å². The van der Waals surface area contributed by atoms with Crippen LogP contribution >= 0.6 is 12.2 Å². The highest BCUT2D eigenvalue weighted by molar-refractivity contribution is 7.80. The van der Waals surface area contributed by atoms with E-state index in [1.54, 1.807) is 26.1 Å². The second kappa shape index (κ2) is 31.8. The molecule has 410 valence electrons. The van der Waals surface area contributed by atoms with Gasteiger partial charge in [0.05, 0.1) is 95.4 Å². The summed E-state index contributed by atoms with van der Waals surface area (Å²) in [4.78, 5) is 99.1. The first kappa shape index (κ1) is 62.4.